The third-order valence-electron chi connectivity index (χ3n) is 7.78. The summed E-state index contributed by atoms with van der Waals surface area (Å²) in [6.45, 7) is 0.152. The fourth-order valence-corrected chi connectivity index (χ4v) is 6.18. The van der Waals surface area contributed by atoms with Gasteiger partial charge in [-0.2, -0.15) is 0 Å². The highest BCUT2D eigenvalue weighted by Crippen LogP contribution is 2.44. The van der Waals surface area contributed by atoms with E-state index in [-0.39, 0.29) is 24.4 Å². The number of carbonyl (C=O) groups excluding carboxylic acids is 2. The van der Waals surface area contributed by atoms with Gasteiger partial charge >= 0.3 is 0 Å². The number of aromatic amines is 1. The molecule has 0 unspecified atom stereocenters. The molecule has 34 heavy (non-hydrogen) atoms. The Balaban J connectivity index is 1.51. The van der Waals surface area contributed by atoms with Crippen molar-refractivity contribution in [3.8, 4) is 11.5 Å². The number of ether oxygens (including phenoxy) is 2. The minimum Gasteiger partial charge on any atom is -0.493 e. The Bertz CT molecular complexity index is 1280. The fourth-order valence-electron chi connectivity index (χ4n) is 6.18. The van der Waals surface area contributed by atoms with Crippen LogP contribution < -0.4 is 9.47 Å². The van der Waals surface area contributed by atoms with Crippen LogP contribution in [0, 0.1) is 0 Å². The van der Waals surface area contributed by atoms with Crippen LogP contribution in [-0.2, 0) is 16.0 Å². The smallest absolute Gasteiger partial charge is 0.246 e. The average Bonchev–Trinajstić information content (AvgIpc) is 3.53. The summed E-state index contributed by atoms with van der Waals surface area (Å²) in [5.41, 5.74) is 4.00. The van der Waals surface area contributed by atoms with Crippen LogP contribution in [0.1, 0.15) is 48.5 Å². The molecule has 2 aromatic carbocycles. The number of para-hydroxylation sites is 1. The summed E-state index contributed by atoms with van der Waals surface area (Å²) in [6, 6.07) is 13.2. The molecule has 0 spiro atoms. The minimum atomic E-state index is -0.508. The fraction of sp³-hybridized carbons (Fsp3) is 0.407. The molecular weight excluding hydrogens is 430 g/mol. The number of benzene rings is 2. The standard InChI is InChI=1S/C27H29N3O4/c1-33-22-12-11-16(13-23(22)34-2)26-25-19(18-9-5-6-10-20(18)28-25)14-21-27(32)29(15-24(31)30(21)26)17-7-3-4-8-17/h5-6,9-13,17,21,26,28H,3-4,7-8,14-15H2,1-2H3/t21-,26+/m0/s1. The molecule has 176 valence electrons. The van der Waals surface area contributed by atoms with E-state index in [1.54, 1.807) is 14.2 Å². The average molecular weight is 460 g/mol. The van der Waals surface area contributed by atoms with Crippen molar-refractivity contribution in [1.29, 1.82) is 0 Å². The third kappa shape index (κ3) is 3.10. The molecule has 1 saturated carbocycles. The van der Waals surface area contributed by atoms with Gasteiger partial charge in [-0.05, 0) is 42.2 Å². The number of methoxy groups -OCH3 is 2. The van der Waals surface area contributed by atoms with E-state index >= 15 is 0 Å². The van der Waals surface area contributed by atoms with E-state index < -0.39 is 12.1 Å². The molecule has 6 rings (SSSR count). The maximum Gasteiger partial charge on any atom is 0.246 e. The summed E-state index contributed by atoms with van der Waals surface area (Å²) in [7, 11) is 3.21. The van der Waals surface area contributed by atoms with Gasteiger partial charge in [-0.3, -0.25) is 9.59 Å². The number of H-pyrrole nitrogens is 1. The van der Waals surface area contributed by atoms with Gasteiger partial charge in [0.1, 0.15) is 12.6 Å². The quantitative estimate of drug-likeness (QED) is 0.644. The van der Waals surface area contributed by atoms with Gasteiger partial charge in [0.2, 0.25) is 11.8 Å². The highest BCUT2D eigenvalue weighted by atomic mass is 16.5. The molecule has 2 amide bonds. The Morgan fingerprint density at radius 3 is 2.50 bits per heavy atom. The number of nitrogens with zero attached hydrogens (tertiary/aromatic N) is 2. The molecule has 1 aliphatic carbocycles. The number of piperazine rings is 1. The van der Waals surface area contributed by atoms with Crippen LogP contribution in [0.15, 0.2) is 42.5 Å². The van der Waals surface area contributed by atoms with Crippen molar-refractivity contribution in [2.75, 3.05) is 20.8 Å². The zero-order valence-corrected chi connectivity index (χ0v) is 19.5. The van der Waals surface area contributed by atoms with Crippen molar-refractivity contribution in [3.05, 3.63) is 59.3 Å². The van der Waals surface area contributed by atoms with Crippen LogP contribution in [0.3, 0.4) is 0 Å². The summed E-state index contributed by atoms with van der Waals surface area (Å²) >= 11 is 0. The van der Waals surface area contributed by atoms with E-state index in [9.17, 15) is 9.59 Å². The Labute approximate surface area is 198 Å². The molecule has 1 aromatic heterocycles. The predicted molar refractivity (Wildman–Crippen MR) is 128 cm³/mol. The van der Waals surface area contributed by atoms with Gasteiger partial charge in [-0.25, -0.2) is 0 Å². The number of rotatable bonds is 4. The Morgan fingerprint density at radius 2 is 1.74 bits per heavy atom. The lowest BCUT2D eigenvalue weighted by Crippen LogP contribution is -2.64. The van der Waals surface area contributed by atoms with Crippen LogP contribution in [0.2, 0.25) is 0 Å². The van der Waals surface area contributed by atoms with Gasteiger partial charge in [0, 0.05) is 29.1 Å². The molecule has 2 atom stereocenters. The van der Waals surface area contributed by atoms with Crippen LogP contribution >= 0.6 is 0 Å². The number of carbonyl (C=O) groups is 2. The summed E-state index contributed by atoms with van der Waals surface area (Å²) in [4.78, 5) is 34.8. The van der Waals surface area contributed by atoms with Gasteiger partial charge in [-0.1, -0.05) is 37.1 Å². The molecule has 7 heteroatoms. The van der Waals surface area contributed by atoms with Crippen LogP contribution in [0.25, 0.3) is 10.9 Å². The van der Waals surface area contributed by atoms with Gasteiger partial charge in [0.05, 0.1) is 20.3 Å². The van der Waals surface area contributed by atoms with E-state index in [0.29, 0.717) is 17.9 Å². The maximum absolute atomic E-state index is 13.8. The second-order valence-electron chi connectivity index (χ2n) is 9.51. The molecule has 7 nitrogen and oxygen atoms in total. The van der Waals surface area contributed by atoms with Gasteiger partial charge in [-0.15, -0.1) is 0 Å². The van der Waals surface area contributed by atoms with E-state index in [1.165, 1.54) is 0 Å². The van der Waals surface area contributed by atoms with E-state index in [2.05, 4.69) is 11.1 Å². The summed E-state index contributed by atoms with van der Waals surface area (Å²) in [5, 5.41) is 1.11. The van der Waals surface area contributed by atoms with Gasteiger partial charge in [0.15, 0.2) is 11.5 Å². The van der Waals surface area contributed by atoms with Crippen molar-refractivity contribution >= 4 is 22.7 Å². The van der Waals surface area contributed by atoms with E-state index in [0.717, 1.165) is 53.4 Å². The molecule has 2 fully saturated rings. The number of hydrogen-bond donors (Lipinski definition) is 1. The number of hydrogen-bond acceptors (Lipinski definition) is 4. The van der Waals surface area contributed by atoms with Gasteiger partial charge in [0.25, 0.3) is 0 Å². The van der Waals surface area contributed by atoms with Crippen molar-refractivity contribution in [2.24, 2.45) is 0 Å². The van der Waals surface area contributed by atoms with Crippen LogP contribution in [0.4, 0.5) is 0 Å². The third-order valence-corrected chi connectivity index (χ3v) is 7.78. The normalized spacial score (nSPS) is 22.8. The van der Waals surface area contributed by atoms with Crippen LogP contribution in [-0.4, -0.2) is 59.4 Å². The van der Waals surface area contributed by atoms with Crippen molar-refractivity contribution in [2.45, 2.75) is 50.2 Å². The molecule has 0 bridgehead atoms. The Hall–Kier alpha value is -3.48. The zero-order valence-electron chi connectivity index (χ0n) is 19.5. The van der Waals surface area contributed by atoms with Crippen molar-refractivity contribution in [3.63, 3.8) is 0 Å². The summed E-state index contributed by atoms with van der Waals surface area (Å²) < 4.78 is 11.0. The second kappa shape index (κ2) is 8.08. The number of amides is 2. The first-order valence-electron chi connectivity index (χ1n) is 12.0. The Morgan fingerprint density at radius 1 is 0.971 bits per heavy atom. The highest BCUT2D eigenvalue weighted by molar-refractivity contribution is 5.98. The van der Waals surface area contributed by atoms with Crippen molar-refractivity contribution < 1.29 is 19.1 Å². The first-order chi connectivity index (χ1) is 16.6. The number of aromatic nitrogens is 1. The lowest BCUT2D eigenvalue weighted by molar-refractivity contribution is -0.160. The lowest BCUT2D eigenvalue weighted by atomic mass is 9.85. The highest BCUT2D eigenvalue weighted by Gasteiger charge is 2.49. The minimum absolute atomic E-state index is 0.000547. The van der Waals surface area contributed by atoms with E-state index in [1.807, 2.05) is 46.2 Å². The first-order valence-corrected chi connectivity index (χ1v) is 12.0. The SMILES string of the molecule is COc1ccc([C@@H]2c3[nH]c4ccccc4c3C[C@H]3C(=O)N(C4CCCC4)CC(=O)N23)cc1OC. The maximum atomic E-state index is 13.8. The number of fused-ring (bicyclic) bond motifs is 4. The summed E-state index contributed by atoms with van der Waals surface area (Å²) in [5.74, 6) is 1.31. The second-order valence-corrected chi connectivity index (χ2v) is 9.51. The van der Waals surface area contributed by atoms with Gasteiger partial charge < -0.3 is 24.3 Å². The van der Waals surface area contributed by atoms with Crippen molar-refractivity contribution in [1.82, 2.24) is 14.8 Å². The molecule has 1 saturated heterocycles. The molecule has 1 N–H and O–H groups in total. The summed E-state index contributed by atoms with van der Waals surface area (Å²) in [6.07, 6.45) is 4.75. The van der Waals surface area contributed by atoms with E-state index in [4.69, 9.17) is 9.47 Å². The van der Waals surface area contributed by atoms with Crippen LogP contribution in [0.5, 0.6) is 11.5 Å². The molecular formula is C27H29N3O4. The largest absolute Gasteiger partial charge is 0.493 e. The Kier molecular flexibility index (Phi) is 5.01. The lowest BCUT2D eigenvalue weighted by Gasteiger charge is -2.48. The number of nitrogens with one attached hydrogen (secondary N) is 1. The first kappa shape index (κ1) is 21.1. The molecule has 3 aromatic rings. The molecule has 2 aliphatic heterocycles. The molecule has 0 radical (unpaired) electrons. The molecule has 3 aliphatic rings. The predicted octanol–water partition coefficient (Wildman–Crippen LogP) is 3.81. The molecule has 3 heterocycles. The topological polar surface area (TPSA) is 74.9 Å². The monoisotopic (exact) mass is 459 g/mol. The zero-order chi connectivity index (χ0) is 23.4.